The normalized spacial score (nSPS) is 10.3. The number of aromatic nitrogens is 4. The molecule has 126 valence electrons. The Kier molecular flexibility index (Phi) is 4.79. The van der Waals surface area contributed by atoms with Gasteiger partial charge >= 0.3 is 5.97 Å². The summed E-state index contributed by atoms with van der Waals surface area (Å²) in [6, 6.07) is 15.8. The second-order valence-corrected chi connectivity index (χ2v) is 5.13. The second kappa shape index (κ2) is 7.35. The Morgan fingerprint density at radius 1 is 1.12 bits per heavy atom. The van der Waals surface area contributed by atoms with Gasteiger partial charge in [-0.05, 0) is 23.4 Å². The predicted molar refractivity (Wildman–Crippen MR) is 89.7 cm³/mol. The lowest BCUT2D eigenvalue weighted by Gasteiger charge is -2.06. The molecule has 0 bridgehead atoms. The fourth-order valence-electron chi connectivity index (χ4n) is 2.18. The number of hydrogen-bond donors (Lipinski definition) is 1. The molecule has 1 N–H and O–H groups in total. The summed E-state index contributed by atoms with van der Waals surface area (Å²) < 4.78 is 4.65. The van der Waals surface area contributed by atoms with Crippen LogP contribution in [0.1, 0.15) is 10.4 Å². The molecule has 8 nitrogen and oxygen atoms in total. The highest BCUT2D eigenvalue weighted by Crippen LogP contribution is 2.13. The minimum Gasteiger partial charge on any atom is -0.465 e. The van der Waals surface area contributed by atoms with Gasteiger partial charge in [0.1, 0.15) is 6.54 Å². The van der Waals surface area contributed by atoms with E-state index in [1.54, 1.807) is 18.2 Å². The molecule has 25 heavy (non-hydrogen) atoms. The maximum atomic E-state index is 12.1. The number of nitrogens with zero attached hydrogens (tertiary/aromatic N) is 4. The van der Waals surface area contributed by atoms with Gasteiger partial charge in [-0.15, -0.1) is 10.2 Å². The minimum atomic E-state index is -0.471. The summed E-state index contributed by atoms with van der Waals surface area (Å²) in [4.78, 5) is 24.8. The summed E-state index contributed by atoms with van der Waals surface area (Å²) >= 11 is 0. The van der Waals surface area contributed by atoms with Crippen molar-refractivity contribution >= 4 is 17.6 Å². The van der Waals surface area contributed by atoms with E-state index in [1.165, 1.54) is 18.0 Å². The summed E-state index contributed by atoms with van der Waals surface area (Å²) in [5, 5.41) is 14.7. The van der Waals surface area contributed by atoms with E-state index in [0.29, 0.717) is 17.1 Å². The lowest BCUT2D eigenvalue weighted by molar-refractivity contribution is -0.117. The van der Waals surface area contributed by atoms with Crippen LogP contribution in [0, 0.1) is 0 Å². The first-order valence-corrected chi connectivity index (χ1v) is 7.47. The third kappa shape index (κ3) is 4.05. The van der Waals surface area contributed by atoms with E-state index in [1.807, 2.05) is 30.3 Å². The molecule has 2 aromatic carbocycles. The van der Waals surface area contributed by atoms with Crippen molar-refractivity contribution in [3.63, 3.8) is 0 Å². The van der Waals surface area contributed by atoms with Crippen LogP contribution in [-0.2, 0) is 16.1 Å². The molecule has 0 atom stereocenters. The van der Waals surface area contributed by atoms with E-state index >= 15 is 0 Å². The molecule has 0 aliphatic heterocycles. The monoisotopic (exact) mass is 337 g/mol. The molecule has 3 rings (SSSR count). The maximum absolute atomic E-state index is 12.1. The van der Waals surface area contributed by atoms with Crippen LogP contribution in [0.5, 0.6) is 0 Å². The first kappa shape index (κ1) is 16.3. The highest BCUT2D eigenvalue weighted by atomic mass is 16.5. The Hall–Kier alpha value is -3.55. The van der Waals surface area contributed by atoms with Crippen molar-refractivity contribution in [2.24, 2.45) is 0 Å². The Morgan fingerprint density at radius 3 is 2.68 bits per heavy atom. The Balaban J connectivity index is 1.65. The number of amides is 1. The van der Waals surface area contributed by atoms with Gasteiger partial charge in [-0.2, -0.15) is 4.80 Å². The molecule has 1 heterocycles. The zero-order chi connectivity index (χ0) is 17.6. The number of anilines is 1. The quantitative estimate of drug-likeness (QED) is 0.712. The van der Waals surface area contributed by atoms with Gasteiger partial charge < -0.3 is 10.1 Å². The summed E-state index contributed by atoms with van der Waals surface area (Å²) in [5.41, 5.74) is 1.65. The van der Waals surface area contributed by atoms with Gasteiger partial charge in [-0.25, -0.2) is 4.79 Å². The third-order valence-corrected chi connectivity index (χ3v) is 3.34. The molecule has 0 aliphatic rings. The van der Waals surface area contributed by atoms with Gasteiger partial charge in [0, 0.05) is 11.3 Å². The predicted octanol–water partition coefficient (Wildman–Crippen LogP) is 1.77. The molecule has 3 aromatic rings. The smallest absolute Gasteiger partial charge is 0.337 e. The van der Waals surface area contributed by atoms with Gasteiger partial charge in [0.15, 0.2) is 0 Å². The molecule has 1 amide bonds. The molecule has 1 aromatic heterocycles. The van der Waals surface area contributed by atoms with E-state index in [-0.39, 0.29) is 12.5 Å². The zero-order valence-electron chi connectivity index (χ0n) is 13.4. The second-order valence-electron chi connectivity index (χ2n) is 5.13. The van der Waals surface area contributed by atoms with Crippen LogP contribution in [0.4, 0.5) is 5.69 Å². The fraction of sp³-hybridized carbons (Fsp3) is 0.118. The van der Waals surface area contributed by atoms with Crippen LogP contribution < -0.4 is 5.32 Å². The molecule has 0 spiro atoms. The van der Waals surface area contributed by atoms with Crippen LogP contribution in [0.15, 0.2) is 54.6 Å². The van der Waals surface area contributed by atoms with Crippen molar-refractivity contribution in [2.75, 3.05) is 12.4 Å². The van der Waals surface area contributed by atoms with Crippen molar-refractivity contribution in [1.29, 1.82) is 0 Å². The van der Waals surface area contributed by atoms with E-state index < -0.39 is 5.97 Å². The van der Waals surface area contributed by atoms with Gasteiger partial charge in [0.2, 0.25) is 11.7 Å². The molecule has 0 aliphatic carbocycles. The maximum Gasteiger partial charge on any atom is 0.337 e. The van der Waals surface area contributed by atoms with Crippen LogP contribution in [0.3, 0.4) is 0 Å². The summed E-state index contributed by atoms with van der Waals surface area (Å²) in [6.07, 6.45) is 0. The number of carbonyl (C=O) groups excluding carboxylic acids is 2. The molecule has 0 saturated carbocycles. The van der Waals surface area contributed by atoms with Crippen LogP contribution in [0.25, 0.3) is 11.4 Å². The average molecular weight is 337 g/mol. The number of ether oxygens (including phenoxy) is 1. The van der Waals surface area contributed by atoms with Crippen molar-refractivity contribution in [1.82, 2.24) is 20.2 Å². The summed E-state index contributed by atoms with van der Waals surface area (Å²) in [5.74, 6) is -0.360. The number of tetrazole rings is 1. The number of esters is 1. The van der Waals surface area contributed by atoms with Crippen molar-refractivity contribution in [3.05, 3.63) is 60.2 Å². The lowest BCUT2D eigenvalue weighted by atomic mass is 10.2. The van der Waals surface area contributed by atoms with Crippen LogP contribution in [0.2, 0.25) is 0 Å². The van der Waals surface area contributed by atoms with Gasteiger partial charge in [0.05, 0.1) is 12.7 Å². The van der Waals surface area contributed by atoms with Gasteiger partial charge in [-0.3, -0.25) is 4.79 Å². The number of methoxy groups -OCH3 is 1. The standard InChI is InChI=1S/C17H15N5O3/c1-25-17(24)13-8-5-9-14(10-13)18-15(23)11-22-20-16(19-21-22)12-6-3-2-4-7-12/h2-10H,11H2,1H3,(H,18,23). The largest absolute Gasteiger partial charge is 0.465 e. The molecular weight excluding hydrogens is 322 g/mol. The average Bonchev–Trinajstić information content (AvgIpc) is 3.10. The molecule has 0 fully saturated rings. The van der Waals surface area contributed by atoms with Crippen molar-refractivity contribution in [2.45, 2.75) is 6.54 Å². The van der Waals surface area contributed by atoms with Gasteiger partial charge in [0.25, 0.3) is 0 Å². The van der Waals surface area contributed by atoms with Crippen LogP contribution in [-0.4, -0.2) is 39.2 Å². The van der Waals surface area contributed by atoms with Gasteiger partial charge in [-0.1, -0.05) is 36.4 Å². The van der Waals surface area contributed by atoms with E-state index in [2.05, 4.69) is 25.5 Å². The lowest BCUT2D eigenvalue weighted by Crippen LogP contribution is -2.20. The fourth-order valence-corrected chi connectivity index (χ4v) is 2.18. The summed E-state index contributed by atoms with van der Waals surface area (Å²) in [7, 11) is 1.30. The Morgan fingerprint density at radius 2 is 1.92 bits per heavy atom. The highest BCUT2D eigenvalue weighted by Gasteiger charge is 2.11. The number of rotatable bonds is 5. The van der Waals surface area contributed by atoms with Crippen molar-refractivity contribution in [3.8, 4) is 11.4 Å². The number of benzene rings is 2. The van der Waals surface area contributed by atoms with E-state index in [9.17, 15) is 9.59 Å². The first-order valence-electron chi connectivity index (χ1n) is 7.47. The third-order valence-electron chi connectivity index (χ3n) is 3.34. The molecular formula is C17H15N5O3. The SMILES string of the molecule is COC(=O)c1cccc(NC(=O)Cn2nnc(-c3ccccc3)n2)c1. The number of hydrogen-bond acceptors (Lipinski definition) is 6. The first-order chi connectivity index (χ1) is 12.2. The summed E-state index contributed by atoms with van der Waals surface area (Å²) in [6.45, 7) is -0.0950. The van der Waals surface area contributed by atoms with Crippen molar-refractivity contribution < 1.29 is 14.3 Å². The number of carbonyl (C=O) groups is 2. The molecule has 8 heteroatoms. The minimum absolute atomic E-state index is 0.0950. The Bertz CT molecular complexity index is 892. The molecule has 0 unspecified atom stereocenters. The van der Waals surface area contributed by atoms with E-state index in [4.69, 9.17) is 0 Å². The Labute approximate surface area is 143 Å². The molecule has 0 saturated heterocycles. The number of nitrogens with one attached hydrogen (secondary N) is 1. The topological polar surface area (TPSA) is 99.0 Å². The molecule has 0 radical (unpaired) electrons. The van der Waals surface area contributed by atoms with E-state index in [0.717, 1.165) is 5.56 Å². The zero-order valence-corrected chi connectivity index (χ0v) is 13.4. The van der Waals surface area contributed by atoms with Crippen LogP contribution >= 0.6 is 0 Å². The highest BCUT2D eigenvalue weighted by molar-refractivity contribution is 5.94.